The minimum absolute atomic E-state index is 0.0511. The Labute approximate surface area is 108 Å². The van der Waals surface area contributed by atoms with Crippen molar-refractivity contribution in [1.82, 2.24) is 0 Å². The first-order valence-corrected chi connectivity index (χ1v) is 7.99. The van der Waals surface area contributed by atoms with Crippen molar-refractivity contribution in [1.29, 1.82) is 0 Å². The Bertz CT molecular complexity index is 433. The molecule has 0 bridgehead atoms. The second-order valence-corrected chi connectivity index (χ2v) is 6.99. The summed E-state index contributed by atoms with van der Waals surface area (Å²) in [5, 5.41) is 0. The predicted molar refractivity (Wildman–Crippen MR) is 68.1 cm³/mol. The van der Waals surface area contributed by atoms with E-state index in [0.29, 0.717) is 19.6 Å². The minimum atomic E-state index is -3.39. The molecule has 6 heteroatoms. The van der Waals surface area contributed by atoms with Crippen LogP contribution in [0.4, 0.5) is 0 Å². The Kier molecular flexibility index (Phi) is 5.75. The molecule has 0 fully saturated rings. The van der Waals surface area contributed by atoms with Gasteiger partial charge in [0.05, 0.1) is 12.4 Å². The van der Waals surface area contributed by atoms with Gasteiger partial charge in [-0.15, -0.1) is 0 Å². The lowest BCUT2D eigenvalue weighted by Gasteiger charge is -2.05. The predicted octanol–water partition coefficient (Wildman–Crippen LogP) is 2.92. The van der Waals surface area contributed by atoms with Crippen molar-refractivity contribution in [2.45, 2.75) is 13.0 Å². The highest BCUT2D eigenvalue weighted by atomic mass is 79.9. The van der Waals surface area contributed by atoms with Crippen LogP contribution in [0.1, 0.15) is 12.0 Å². The Morgan fingerprint density at radius 2 is 2.00 bits per heavy atom. The first kappa shape index (κ1) is 14.0. The van der Waals surface area contributed by atoms with Crippen LogP contribution >= 0.6 is 26.6 Å². The molecule has 0 radical (unpaired) electrons. The first-order valence-electron chi connectivity index (χ1n) is 4.72. The largest absolute Gasteiger partial charge is 0.377 e. The summed E-state index contributed by atoms with van der Waals surface area (Å²) in [6, 6.07) is 7.73. The molecule has 3 nitrogen and oxygen atoms in total. The van der Waals surface area contributed by atoms with Crippen LogP contribution in [0.5, 0.6) is 0 Å². The summed E-state index contributed by atoms with van der Waals surface area (Å²) in [5.74, 6) is -0.0511. The van der Waals surface area contributed by atoms with Gasteiger partial charge >= 0.3 is 0 Å². The molecule has 0 saturated carbocycles. The zero-order chi connectivity index (χ0) is 12.0. The normalized spacial score (nSPS) is 11.6. The monoisotopic (exact) mass is 326 g/mol. The molecule has 0 saturated heterocycles. The average Bonchev–Trinajstić information content (AvgIpc) is 2.18. The van der Waals surface area contributed by atoms with Crippen molar-refractivity contribution in [3.8, 4) is 0 Å². The fourth-order valence-corrected chi connectivity index (χ4v) is 2.32. The highest BCUT2D eigenvalue weighted by Crippen LogP contribution is 2.16. The van der Waals surface area contributed by atoms with Gasteiger partial charge in [0.15, 0.2) is 0 Å². The van der Waals surface area contributed by atoms with Crippen molar-refractivity contribution in [3.63, 3.8) is 0 Å². The van der Waals surface area contributed by atoms with Crippen LogP contribution in [0, 0.1) is 0 Å². The Hall–Kier alpha value is -0.100. The van der Waals surface area contributed by atoms with Crippen molar-refractivity contribution in [3.05, 3.63) is 34.3 Å². The molecule has 0 heterocycles. The van der Waals surface area contributed by atoms with Gasteiger partial charge in [-0.25, -0.2) is 8.42 Å². The minimum Gasteiger partial charge on any atom is -0.377 e. The number of halogens is 2. The summed E-state index contributed by atoms with van der Waals surface area (Å²) in [7, 11) is 1.67. The lowest BCUT2D eigenvalue weighted by atomic mass is 10.2. The highest BCUT2D eigenvalue weighted by Gasteiger charge is 2.04. The number of rotatable bonds is 6. The summed E-state index contributed by atoms with van der Waals surface area (Å²) in [4.78, 5) is 0. The smallest absolute Gasteiger partial charge is 0.232 e. The van der Waals surface area contributed by atoms with E-state index in [0.717, 1.165) is 10.0 Å². The van der Waals surface area contributed by atoms with E-state index in [9.17, 15) is 8.42 Å². The molecule has 0 atom stereocenters. The molecular weight excluding hydrogens is 316 g/mol. The van der Waals surface area contributed by atoms with E-state index in [2.05, 4.69) is 15.9 Å². The summed E-state index contributed by atoms with van der Waals surface area (Å²) in [6.07, 6.45) is 0.413. The zero-order valence-electron chi connectivity index (χ0n) is 8.53. The molecule has 1 aromatic carbocycles. The van der Waals surface area contributed by atoms with E-state index in [1.165, 1.54) is 0 Å². The fourth-order valence-electron chi connectivity index (χ4n) is 1.13. The molecule has 0 unspecified atom stereocenters. The molecule has 1 aromatic rings. The Morgan fingerprint density at radius 1 is 1.31 bits per heavy atom. The van der Waals surface area contributed by atoms with Crippen molar-refractivity contribution < 1.29 is 13.2 Å². The van der Waals surface area contributed by atoms with Crippen LogP contribution < -0.4 is 0 Å². The Balaban J connectivity index is 2.24. The van der Waals surface area contributed by atoms with Gasteiger partial charge in [0, 0.05) is 21.8 Å². The third kappa shape index (κ3) is 5.84. The van der Waals surface area contributed by atoms with Crippen LogP contribution in [0.2, 0.25) is 0 Å². The van der Waals surface area contributed by atoms with Gasteiger partial charge in [0.25, 0.3) is 0 Å². The van der Waals surface area contributed by atoms with Gasteiger partial charge in [-0.2, -0.15) is 0 Å². The molecule has 0 spiro atoms. The number of hydrogen-bond donors (Lipinski definition) is 0. The van der Waals surface area contributed by atoms with Crippen LogP contribution in [-0.4, -0.2) is 20.8 Å². The lowest BCUT2D eigenvalue weighted by Crippen LogP contribution is -2.03. The first-order chi connectivity index (χ1) is 7.49. The third-order valence-electron chi connectivity index (χ3n) is 1.89. The van der Waals surface area contributed by atoms with Crippen LogP contribution in [0.3, 0.4) is 0 Å². The maximum atomic E-state index is 10.6. The highest BCUT2D eigenvalue weighted by molar-refractivity contribution is 9.10. The van der Waals surface area contributed by atoms with Crippen molar-refractivity contribution >= 4 is 35.7 Å². The SMILES string of the molecule is O=S(=O)(Cl)CCCOCc1ccccc1Br. The van der Waals surface area contributed by atoms with E-state index in [4.69, 9.17) is 15.4 Å². The molecule has 0 amide bonds. The molecule has 90 valence electrons. The van der Waals surface area contributed by atoms with Gasteiger partial charge in [-0.3, -0.25) is 0 Å². The number of ether oxygens (including phenoxy) is 1. The molecule has 0 N–H and O–H groups in total. The average molecular weight is 328 g/mol. The van der Waals surface area contributed by atoms with E-state index < -0.39 is 9.05 Å². The van der Waals surface area contributed by atoms with E-state index in [1.54, 1.807) is 0 Å². The van der Waals surface area contributed by atoms with Crippen molar-refractivity contribution in [2.75, 3.05) is 12.4 Å². The third-order valence-corrected chi connectivity index (χ3v) is 3.91. The molecule has 0 aromatic heterocycles. The maximum absolute atomic E-state index is 10.6. The molecule has 0 aliphatic heterocycles. The molecule has 0 aliphatic carbocycles. The number of benzene rings is 1. The topological polar surface area (TPSA) is 43.4 Å². The molecule has 1 rings (SSSR count). The quantitative estimate of drug-likeness (QED) is 0.596. The summed E-state index contributed by atoms with van der Waals surface area (Å²) in [6.45, 7) is 0.844. The fraction of sp³-hybridized carbons (Fsp3) is 0.400. The molecule has 0 aliphatic rings. The van der Waals surface area contributed by atoms with Gasteiger partial charge < -0.3 is 4.74 Å². The second kappa shape index (κ2) is 6.59. The van der Waals surface area contributed by atoms with E-state index in [-0.39, 0.29) is 5.75 Å². The maximum Gasteiger partial charge on any atom is 0.232 e. The number of hydrogen-bond acceptors (Lipinski definition) is 3. The van der Waals surface area contributed by atoms with Gasteiger partial charge in [-0.05, 0) is 18.1 Å². The molecule has 16 heavy (non-hydrogen) atoms. The van der Waals surface area contributed by atoms with Crippen molar-refractivity contribution in [2.24, 2.45) is 0 Å². The summed E-state index contributed by atoms with van der Waals surface area (Å²) < 4.78 is 27.6. The van der Waals surface area contributed by atoms with E-state index in [1.807, 2.05) is 24.3 Å². The van der Waals surface area contributed by atoms with Gasteiger partial charge in [0.2, 0.25) is 9.05 Å². The zero-order valence-corrected chi connectivity index (χ0v) is 11.7. The second-order valence-electron chi connectivity index (χ2n) is 3.24. The Morgan fingerprint density at radius 3 is 2.62 bits per heavy atom. The van der Waals surface area contributed by atoms with Crippen LogP contribution in [0.15, 0.2) is 28.7 Å². The van der Waals surface area contributed by atoms with Gasteiger partial charge in [-0.1, -0.05) is 34.1 Å². The summed E-state index contributed by atoms with van der Waals surface area (Å²) >= 11 is 3.40. The van der Waals surface area contributed by atoms with Gasteiger partial charge in [0.1, 0.15) is 0 Å². The van der Waals surface area contributed by atoms with Crippen LogP contribution in [0.25, 0.3) is 0 Å². The lowest BCUT2D eigenvalue weighted by molar-refractivity contribution is 0.121. The summed E-state index contributed by atoms with van der Waals surface area (Å²) in [5.41, 5.74) is 1.04. The van der Waals surface area contributed by atoms with E-state index >= 15 is 0 Å². The molecular formula is C10H12BrClO3S. The standard InChI is InChI=1S/C10H12BrClO3S/c11-10-5-2-1-4-9(10)8-15-6-3-7-16(12,13)14/h1-2,4-5H,3,6-8H2. The van der Waals surface area contributed by atoms with Crippen LogP contribution in [-0.2, 0) is 20.4 Å².